The molecule has 0 bridgehead atoms. The Labute approximate surface area is 96.0 Å². The summed E-state index contributed by atoms with van der Waals surface area (Å²) in [6.07, 6.45) is 0. The van der Waals surface area contributed by atoms with E-state index in [2.05, 4.69) is 45.0 Å². The molecule has 0 aromatic heterocycles. The van der Waals surface area contributed by atoms with Crippen LogP contribution in [0.25, 0.3) is 0 Å². The molecule has 0 spiro atoms. The number of thiol groups is 2. The molecular weight excluding hydrogens is 264 g/mol. The summed E-state index contributed by atoms with van der Waals surface area (Å²) in [6.45, 7) is 0. The maximum Gasteiger partial charge on any atom is 0.0694 e. The van der Waals surface area contributed by atoms with Crippen LogP contribution >= 0.6 is 66.7 Å². The fourth-order valence-electron chi connectivity index (χ4n) is 0.774. The first-order chi connectivity index (χ1) is 5.70. The van der Waals surface area contributed by atoms with Gasteiger partial charge in [-0.1, -0.05) is 43.4 Å². The van der Waals surface area contributed by atoms with E-state index >= 15 is 0 Å². The van der Waals surface area contributed by atoms with Crippen LogP contribution in [0.15, 0.2) is 30.1 Å². The maximum atomic E-state index is 4.55. The summed E-state index contributed by atoms with van der Waals surface area (Å²) in [4.78, 5) is 0. The van der Waals surface area contributed by atoms with Gasteiger partial charge >= 0.3 is 0 Å². The lowest BCUT2D eigenvalue weighted by Crippen LogP contribution is -1.76. The van der Waals surface area contributed by atoms with Crippen LogP contribution in [-0.4, -0.2) is 0 Å². The monoisotopic (exact) mass is 270 g/mol. The maximum absolute atomic E-state index is 4.55. The number of hydrogen-bond donors (Lipinski definition) is 2. The third-order valence-corrected chi connectivity index (χ3v) is 9.69. The zero-order valence-corrected chi connectivity index (χ0v) is 10.9. The van der Waals surface area contributed by atoms with Gasteiger partial charge in [-0.2, -0.15) is 0 Å². The summed E-state index contributed by atoms with van der Waals surface area (Å²) in [6, 6.07) is 0. The minimum absolute atomic E-state index is 1.20. The summed E-state index contributed by atoms with van der Waals surface area (Å²) in [5.41, 5.74) is 0. The molecule has 0 atom stereocenters. The SMILES string of the molecule is SS1(S)C=CSC1=C1SC=CS1. The Kier molecular flexibility index (Phi) is 3.14. The van der Waals surface area contributed by atoms with Crippen molar-refractivity contribution in [3.8, 4) is 0 Å². The molecule has 0 amide bonds. The van der Waals surface area contributed by atoms with Gasteiger partial charge < -0.3 is 0 Å². The molecule has 0 nitrogen and oxygen atoms in total. The van der Waals surface area contributed by atoms with Crippen molar-refractivity contribution in [3.05, 3.63) is 30.1 Å². The predicted octanol–water partition coefficient (Wildman–Crippen LogP) is 4.78. The molecule has 2 aliphatic rings. The van der Waals surface area contributed by atoms with E-state index in [0.717, 1.165) is 0 Å². The third kappa shape index (κ3) is 1.88. The molecule has 0 fully saturated rings. The van der Waals surface area contributed by atoms with Gasteiger partial charge in [0.05, 0.1) is 8.47 Å². The fraction of sp³-hybridized carbons (Fsp3) is 0. The average molecular weight is 271 g/mol. The second-order valence-electron chi connectivity index (χ2n) is 2.07. The summed E-state index contributed by atoms with van der Waals surface area (Å²) < 4.78 is 2.65. The lowest BCUT2D eigenvalue weighted by molar-refractivity contribution is 2.37. The molecule has 0 saturated carbocycles. The molecule has 12 heavy (non-hydrogen) atoms. The molecule has 0 aromatic carbocycles. The highest BCUT2D eigenvalue weighted by atomic mass is 33.5. The zero-order chi connectivity index (χ0) is 8.60. The molecule has 0 N–H and O–H groups in total. The van der Waals surface area contributed by atoms with Gasteiger partial charge in [-0.05, 0) is 21.6 Å². The van der Waals surface area contributed by atoms with Crippen molar-refractivity contribution in [3.63, 3.8) is 0 Å². The Morgan fingerprint density at radius 3 is 2.17 bits per heavy atom. The van der Waals surface area contributed by atoms with Crippen LogP contribution in [0.1, 0.15) is 0 Å². The first-order valence-corrected chi connectivity index (χ1v) is 9.48. The van der Waals surface area contributed by atoms with Crippen LogP contribution in [-0.2, 0) is 0 Å². The number of thioether (sulfide) groups is 3. The predicted molar refractivity (Wildman–Crippen MR) is 73.6 cm³/mol. The van der Waals surface area contributed by atoms with E-state index in [-0.39, 0.29) is 0 Å². The van der Waals surface area contributed by atoms with Crippen molar-refractivity contribution >= 4 is 66.7 Å². The molecular formula is C6H6S6. The van der Waals surface area contributed by atoms with E-state index in [4.69, 9.17) is 0 Å². The molecule has 2 heterocycles. The Morgan fingerprint density at radius 1 is 1.00 bits per heavy atom. The van der Waals surface area contributed by atoms with Crippen molar-refractivity contribution in [2.45, 2.75) is 0 Å². The molecule has 2 aliphatic heterocycles. The summed E-state index contributed by atoms with van der Waals surface area (Å²) in [5.74, 6) is 0. The topological polar surface area (TPSA) is 0 Å². The fourth-order valence-corrected chi connectivity index (χ4v) is 9.16. The minimum Gasteiger partial charge on any atom is -0.112 e. The molecule has 0 aromatic rings. The molecule has 0 saturated heterocycles. The molecule has 0 radical (unpaired) electrons. The van der Waals surface area contributed by atoms with Gasteiger partial charge in [-0.25, -0.2) is 0 Å². The van der Waals surface area contributed by atoms with Crippen molar-refractivity contribution in [1.82, 2.24) is 0 Å². The Morgan fingerprint density at radius 2 is 1.67 bits per heavy atom. The van der Waals surface area contributed by atoms with Gasteiger partial charge in [0.1, 0.15) is 0 Å². The second kappa shape index (κ2) is 3.82. The number of hydrogen-bond acceptors (Lipinski definition) is 5. The van der Waals surface area contributed by atoms with Crippen LogP contribution in [0.3, 0.4) is 0 Å². The van der Waals surface area contributed by atoms with Gasteiger partial charge in [0, 0.05) is 0 Å². The highest BCUT2D eigenvalue weighted by Gasteiger charge is 2.26. The lowest BCUT2D eigenvalue weighted by Gasteiger charge is -2.22. The van der Waals surface area contributed by atoms with E-state index in [1.165, 1.54) is 8.47 Å². The molecule has 0 aliphatic carbocycles. The summed E-state index contributed by atoms with van der Waals surface area (Å²) >= 11 is 14.4. The van der Waals surface area contributed by atoms with E-state index < -0.39 is 8.09 Å². The van der Waals surface area contributed by atoms with Gasteiger partial charge in [0.15, 0.2) is 0 Å². The Balaban J connectivity index is 2.30. The quantitative estimate of drug-likeness (QED) is 0.481. The van der Waals surface area contributed by atoms with Crippen molar-refractivity contribution < 1.29 is 0 Å². The molecule has 6 heteroatoms. The van der Waals surface area contributed by atoms with E-state index in [0.29, 0.717) is 0 Å². The van der Waals surface area contributed by atoms with Crippen LogP contribution in [0.4, 0.5) is 0 Å². The first kappa shape index (κ1) is 9.86. The highest BCUT2D eigenvalue weighted by molar-refractivity contribution is 9.21. The zero-order valence-electron chi connectivity index (χ0n) is 5.84. The molecule has 0 unspecified atom stereocenters. The largest absolute Gasteiger partial charge is 0.112 e. The van der Waals surface area contributed by atoms with Crippen LogP contribution in [0.2, 0.25) is 0 Å². The second-order valence-corrected chi connectivity index (χ2v) is 11.5. The van der Waals surface area contributed by atoms with Crippen molar-refractivity contribution in [1.29, 1.82) is 0 Å². The van der Waals surface area contributed by atoms with Crippen LogP contribution < -0.4 is 0 Å². The minimum atomic E-state index is -1.20. The van der Waals surface area contributed by atoms with Gasteiger partial charge in [-0.3, -0.25) is 0 Å². The Hall–Kier alpha value is 1.32. The van der Waals surface area contributed by atoms with Crippen LogP contribution in [0, 0.1) is 0 Å². The smallest absolute Gasteiger partial charge is 0.0694 e. The van der Waals surface area contributed by atoms with Crippen molar-refractivity contribution in [2.75, 3.05) is 0 Å². The standard InChI is InChI=1S/C6H6S6/c7-12(8)4-3-11-6(12)5-9-1-2-10-5/h1-4,7-8H. The number of rotatable bonds is 0. The van der Waals surface area contributed by atoms with Crippen molar-refractivity contribution in [2.24, 2.45) is 0 Å². The highest BCUT2D eigenvalue weighted by Crippen LogP contribution is 2.75. The van der Waals surface area contributed by atoms with Gasteiger partial charge in [0.2, 0.25) is 0 Å². The van der Waals surface area contributed by atoms with E-state index in [1.54, 1.807) is 35.3 Å². The summed E-state index contributed by atoms with van der Waals surface area (Å²) in [5, 5.41) is 8.37. The van der Waals surface area contributed by atoms with E-state index in [1.807, 2.05) is 0 Å². The van der Waals surface area contributed by atoms with Gasteiger partial charge in [0.25, 0.3) is 0 Å². The lowest BCUT2D eigenvalue weighted by atomic mass is 11.2. The van der Waals surface area contributed by atoms with Crippen LogP contribution in [0.5, 0.6) is 0 Å². The summed E-state index contributed by atoms with van der Waals surface area (Å²) in [7, 11) is -1.20. The first-order valence-electron chi connectivity index (χ1n) is 3.04. The molecule has 2 rings (SSSR count). The third-order valence-electron chi connectivity index (χ3n) is 1.27. The van der Waals surface area contributed by atoms with E-state index in [9.17, 15) is 0 Å². The average Bonchev–Trinajstić information content (AvgIpc) is 2.55. The molecule has 66 valence electrons. The van der Waals surface area contributed by atoms with Gasteiger partial charge in [-0.15, -0.1) is 23.3 Å². The Bertz CT molecular complexity index is 276. The normalized spacial score (nSPS) is 28.5.